The van der Waals surface area contributed by atoms with Crippen molar-refractivity contribution in [3.05, 3.63) is 0 Å². The van der Waals surface area contributed by atoms with Gasteiger partial charge >= 0.3 is 0 Å². The van der Waals surface area contributed by atoms with E-state index in [9.17, 15) is 13.6 Å². The second kappa shape index (κ2) is 2.40. The Bertz CT molecular complexity index is 96.7. The van der Waals surface area contributed by atoms with Crippen molar-refractivity contribution < 1.29 is 13.6 Å². The number of hydrogen-bond acceptors (Lipinski definition) is 1. The monoisotopic (exact) mass is 142 g/mol. The minimum absolute atomic E-state index is 0.646. The van der Waals surface area contributed by atoms with Crippen LogP contribution in [0, 0.1) is 0 Å². The van der Waals surface area contributed by atoms with Crippen LogP contribution >= 0.6 is 11.6 Å². The van der Waals surface area contributed by atoms with Gasteiger partial charge in [0, 0.05) is 0 Å². The molecule has 1 nitrogen and oxygen atoms in total. The van der Waals surface area contributed by atoms with Gasteiger partial charge in [0.15, 0.2) is 0 Å². The Hall–Kier alpha value is -0.180. The predicted molar refractivity (Wildman–Crippen MR) is 26.1 cm³/mol. The minimum atomic E-state index is -2.96. The largest absolute Gasteiger partial charge is 0.281 e. The van der Waals surface area contributed by atoms with Gasteiger partial charge in [0.05, 0.1) is 6.42 Å². The first-order valence-electron chi connectivity index (χ1n) is 1.98. The molecule has 0 aromatic carbocycles. The molecule has 0 aliphatic carbocycles. The Labute approximate surface area is 50.6 Å². The molecule has 0 aromatic heterocycles. The molecular formula is C4H5ClF2O. The number of carbonyl (C=O) groups is 1. The first kappa shape index (κ1) is 7.82. The van der Waals surface area contributed by atoms with Crippen molar-refractivity contribution in [1.82, 2.24) is 0 Å². The molecule has 4 heteroatoms. The summed E-state index contributed by atoms with van der Waals surface area (Å²) in [6, 6.07) is 0. The minimum Gasteiger partial charge on any atom is -0.281 e. The zero-order valence-electron chi connectivity index (χ0n) is 4.25. The molecule has 0 spiro atoms. The highest BCUT2D eigenvalue weighted by Gasteiger charge is 2.23. The Morgan fingerprint density at radius 3 is 2.12 bits per heavy atom. The second-order valence-electron chi connectivity index (χ2n) is 1.60. The molecule has 48 valence electrons. The SMILES string of the molecule is CC(F)(F)CC(=O)Cl. The third kappa shape index (κ3) is 5.82. The van der Waals surface area contributed by atoms with Crippen LogP contribution in [0.15, 0.2) is 0 Å². The van der Waals surface area contributed by atoms with Crippen LogP contribution in [0.1, 0.15) is 13.3 Å². The molecule has 0 heterocycles. The molecule has 0 radical (unpaired) electrons. The number of alkyl halides is 2. The zero-order valence-corrected chi connectivity index (χ0v) is 5.01. The summed E-state index contributed by atoms with van der Waals surface area (Å²) >= 11 is 4.64. The van der Waals surface area contributed by atoms with Gasteiger partial charge in [-0.3, -0.25) is 4.79 Å². The van der Waals surface area contributed by atoms with Crippen LogP contribution in [0.2, 0.25) is 0 Å². The van der Waals surface area contributed by atoms with Crippen molar-refractivity contribution in [3.8, 4) is 0 Å². The van der Waals surface area contributed by atoms with Crippen LogP contribution in [0.3, 0.4) is 0 Å². The van der Waals surface area contributed by atoms with Crippen molar-refractivity contribution in [2.24, 2.45) is 0 Å². The highest BCUT2D eigenvalue weighted by molar-refractivity contribution is 6.63. The zero-order chi connectivity index (χ0) is 6.78. The van der Waals surface area contributed by atoms with E-state index < -0.39 is 17.6 Å². The highest BCUT2D eigenvalue weighted by Crippen LogP contribution is 2.17. The topological polar surface area (TPSA) is 17.1 Å². The van der Waals surface area contributed by atoms with Crippen molar-refractivity contribution in [2.45, 2.75) is 19.3 Å². The van der Waals surface area contributed by atoms with E-state index in [1.807, 2.05) is 0 Å². The Morgan fingerprint density at radius 2 is 2.12 bits per heavy atom. The maximum Gasteiger partial charge on any atom is 0.253 e. The second-order valence-corrected chi connectivity index (χ2v) is 2.02. The van der Waals surface area contributed by atoms with Crippen LogP contribution < -0.4 is 0 Å². The molecule has 0 saturated heterocycles. The van der Waals surface area contributed by atoms with Crippen molar-refractivity contribution in [3.63, 3.8) is 0 Å². The van der Waals surface area contributed by atoms with Crippen LogP contribution in [0.25, 0.3) is 0 Å². The molecule has 0 bridgehead atoms. The average molecular weight is 143 g/mol. The molecule has 0 amide bonds. The van der Waals surface area contributed by atoms with E-state index in [1.165, 1.54) is 0 Å². The van der Waals surface area contributed by atoms with E-state index in [4.69, 9.17) is 0 Å². The molecule has 0 unspecified atom stereocenters. The van der Waals surface area contributed by atoms with E-state index in [-0.39, 0.29) is 0 Å². The van der Waals surface area contributed by atoms with Gasteiger partial charge in [0.25, 0.3) is 5.92 Å². The summed E-state index contributed by atoms with van der Waals surface area (Å²) in [6.07, 6.45) is -0.880. The molecule has 0 atom stereocenters. The molecule has 0 fully saturated rings. The number of carbonyl (C=O) groups excluding carboxylic acids is 1. The number of halogens is 3. The van der Waals surface area contributed by atoms with E-state index in [2.05, 4.69) is 11.6 Å². The third-order valence-corrected chi connectivity index (χ3v) is 0.583. The molecule has 0 N–H and O–H groups in total. The lowest BCUT2D eigenvalue weighted by Crippen LogP contribution is -2.12. The highest BCUT2D eigenvalue weighted by atomic mass is 35.5. The number of rotatable bonds is 2. The van der Waals surface area contributed by atoms with E-state index in [1.54, 1.807) is 0 Å². The van der Waals surface area contributed by atoms with E-state index >= 15 is 0 Å². The molecule has 0 aliphatic heterocycles. The lowest BCUT2D eigenvalue weighted by atomic mass is 10.3. The van der Waals surface area contributed by atoms with Gasteiger partial charge in [-0.05, 0) is 18.5 Å². The van der Waals surface area contributed by atoms with Gasteiger partial charge < -0.3 is 0 Å². The molecule has 0 aliphatic rings. The maximum absolute atomic E-state index is 11.7. The van der Waals surface area contributed by atoms with Crippen molar-refractivity contribution in [2.75, 3.05) is 0 Å². The normalized spacial score (nSPS) is 11.5. The fraction of sp³-hybridized carbons (Fsp3) is 0.750. The van der Waals surface area contributed by atoms with Gasteiger partial charge in [-0.15, -0.1) is 0 Å². The fourth-order valence-corrected chi connectivity index (χ4v) is 0.479. The van der Waals surface area contributed by atoms with Crippen LogP contribution in [-0.4, -0.2) is 11.2 Å². The summed E-state index contributed by atoms with van der Waals surface area (Å²) in [5, 5.41) is -1.00. The summed E-state index contributed by atoms with van der Waals surface area (Å²) in [5.74, 6) is -2.96. The first-order valence-corrected chi connectivity index (χ1v) is 2.36. The predicted octanol–water partition coefficient (Wildman–Crippen LogP) is 1.80. The number of hydrogen-bond donors (Lipinski definition) is 0. The van der Waals surface area contributed by atoms with Gasteiger partial charge in [-0.25, -0.2) is 8.78 Å². The molecular weight excluding hydrogens is 137 g/mol. The standard InChI is InChI=1S/C4H5ClF2O/c1-4(6,7)2-3(5)8/h2H2,1H3. The first-order chi connectivity index (χ1) is 3.42. The lowest BCUT2D eigenvalue weighted by molar-refractivity contribution is -0.117. The van der Waals surface area contributed by atoms with E-state index in [0.29, 0.717) is 6.92 Å². The summed E-state index contributed by atoms with van der Waals surface area (Å²) in [5.41, 5.74) is 0. The lowest BCUT2D eigenvalue weighted by Gasteiger charge is -2.03. The van der Waals surface area contributed by atoms with Gasteiger partial charge in [0.1, 0.15) is 0 Å². The molecule has 0 rings (SSSR count). The van der Waals surface area contributed by atoms with E-state index in [0.717, 1.165) is 0 Å². The Morgan fingerprint density at radius 1 is 1.75 bits per heavy atom. The molecule has 0 aromatic rings. The van der Waals surface area contributed by atoms with Gasteiger partial charge in [-0.2, -0.15) is 0 Å². The Kier molecular flexibility index (Phi) is 2.34. The summed E-state index contributed by atoms with van der Waals surface area (Å²) in [6.45, 7) is 0.646. The summed E-state index contributed by atoms with van der Waals surface area (Å²) < 4.78 is 23.3. The maximum atomic E-state index is 11.7. The molecule has 0 saturated carbocycles. The summed E-state index contributed by atoms with van der Waals surface area (Å²) in [7, 11) is 0. The van der Waals surface area contributed by atoms with Crippen LogP contribution in [-0.2, 0) is 4.79 Å². The van der Waals surface area contributed by atoms with Crippen molar-refractivity contribution in [1.29, 1.82) is 0 Å². The fourth-order valence-electron chi connectivity index (χ4n) is 0.244. The van der Waals surface area contributed by atoms with Gasteiger partial charge in [0.2, 0.25) is 5.24 Å². The van der Waals surface area contributed by atoms with Crippen LogP contribution in [0.4, 0.5) is 8.78 Å². The molecule has 8 heavy (non-hydrogen) atoms. The van der Waals surface area contributed by atoms with Crippen LogP contribution in [0.5, 0.6) is 0 Å². The quantitative estimate of drug-likeness (QED) is 0.538. The van der Waals surface area contributed by atoms with Gasteiger partial charge in [-0.1, -0.05) is 0 Å². The smallest absolute Gasteiger partial charge is 0.253 e. The third-order valence-electron chi connectivity index (χ3n) is 0.449. The Balaban J connectivity index is 3.55. The van der Waals surface area contributed by atoms with Crippen molar-refractivity contribution >= 4 is 16.8 Å². The summed E-state index contributed by atoms with van der Waals surface area (Å²) in [4.78, 5) is 9.74. The average Bonchev–Trinajstić information content (AvgIpc) is 1.21.